The summed E-state index contributed by atoms with van der Waals surface area (Å²) in [6, 6.07) is 19.0. The first kappa shape index (κ1) is 18.4. The number of benzene rings is 2. The van der Waals surface area contributed by atoms with Gasteiger partial charge in [0, 0.05) is 11.6 Å². The topological polar surface area (TPSA) is 15.3 Å². The summed E-state index contributed by atoms with van der Waals surface area (Å²) in [6.07, 6.45) is 5.12. The molecule has 2 nitrogen and oxygen atoms in total. The molecule has 0 radical (unpaired) electrons. The molecule has 1 saturated heterocycles. The summed E-state index contributed by atoms with van der Waals surface area (Å²) in [5.74, 6) is 0.858. The maximum Gasteiger partial charge on any atom is 0.0450 e. The summed E-state index contributed by atoms with van der Waals surface area (Å²) in [5.41, 5.74) is 2.68. The van der Waals surface area contributed by atoms with Gasteiger partial charge in [-0.3, -0.25) is 0 Å². The summed E-state index contributed by atoms with van der Waals surface area (Å²) in [7, 11) is 0. The number of likely N-dealkylation sites (tertiary alicyclic amines) is 1. The molecule has 1 fully saturated rings. The van der Waals surface area contributed by atoms with Crippen molar-refractivity contribution in [3.63, 3.8) is 0 Å². The van der Waals surface area contributed by atoms with Crippen LogP contribution in [0.25, 0.3) is 0 Å². The fourth-order valence-electron chi connectivity index (χ4n) is 3.65. The van der Waals surface area contributed by atoms with Gasteiger partial charge in [-0.15, -0.1) is 0 Å². The molecule has 1 aliphatic heterocycles. The highest BCUT2D eigenvalue weighted by atomic mass is 35.5. The number of nitrogens with zero attached hydrogens (tertiary/aromatic N) is 1. The second-order valence-electron chi connectivity index (χ2n) is 7.10. The minimum Gasteiger partial charge on any atom is -0.313 e. The molecule has 1 heterocycles. The van der Waals surface area contributed by atoms with Crippen molar-refractivity contribution >= 4 is 11.6 Å². The highest BCUT2D eigenvalue weighted by molar-refractivity contribution is 6.31. The summed E-state index contributed by atoms with van der Waals surface area (Å²) in [5, 5.41) is 4.37. The van der Waals surface area contributed by atoms with Crippen LogP contribution in [0, 0.1) is 5.92 Å². The maximum atomic E-state index is 6.18. The number of nitrogens with one attached hydrogen (secondary N) is 1. The normalized spacial score (nSPS) is 16.2. The molecule has 3 rings (SSSR count). The number of hydrogen-bond donors (Lipinski definition) is 1. The molecule has 1 aliphatic rings. The van der Waals surface area contributed by atoms with Gasteiger partial charge >= 0.3 is 0 Å². The highest BCUT2D eigenvalue weighted by Crippen LogP contribution is 2.21. The van der Waals surface area contributed by atoms with Crippen molar-refractivity contribution in [3.05, 3.63) is 70.7 Å². The van der Waals surface area contributed by atoms with E-state index >= 15 is 0 Å². The van der Waals surface area contributed by atoms with Gasteiger partial charge in [0.1, 0.15) is 0 Å². The fourth-order valence-corrected chi connectivity index (χ4v) is 3.86. The molecule has 0 atom stereocenters. The monoisotopic (exact) mass is 356 g/mol. The van der Waals surface area contributed by atoms with Gasteiger partial charge in [0.2, 0.25) is 0 Å². The third-order valence-corrected chi connectivity index (χ3v) is 5.54. The average Bonchev–Trinajstić information content (AvgIpc) is 2.65. The lowest BCUT2D eigenvalue weighted by atomic mass is 9.90. The Bertz CT molecular complexity index is 621. The van der Waals surface area contributed by atoms with E-state index in [1.54, 1.807) is 0 Å². The van der Waals surface area contributed by atoms with Crippen LogP contribution in [0.15, 0.2) is 54.6 Å². The van der Waals surface area contributed by atoms with Gasteiger partial charge in [-0.05, 0) is 75.0 Å². The first-order chi connectivity index (χ1) is 12.3. The van der Waals surface area contributed by atoms with Gasteiger partial charge in [0.15, 0.2) is 0 Å². The van der Waals surface area contributed by atoms with Gasteiger partial charge in [0.25, 0.3) is 0 Å². The fraction of sp³-hybridized carbons (Fsp3) is 0.455. The molecule has 2 aromatic rings. The third-order valence-electron chi connectivity index (χ3n) is 5.18. The van der Waals surface area contributed by atoms with Crippen LogP contribution in [-0.4, -0.2) is 31.1 Å². The van der Waals surface area contributed by atoms with Crippen molar-refractivity contribution in [2.75, 3.05) is 26.2 Å². The third kappa shape index (κ3) is 6.14. The molecular formula is C22H29ClN2. The van der Waals surface area contributed by atoms with Crippen molar-refractivity contribution in [1.82, 2.24) is 10.2 Å². The molecule has 1 N–H and O–H groups in total. The molecule has 25 heavy (non-hydrogen) atoms. The number of hydrogen-bond acceptors (Lipinski definition) is 2. The Morgan fingerprint density at radius 2 is 1.68 bits per heavy atom. The first-order valence-electron chi connectivity index (χ1n) is 9.51. The average molecular weight is 357 g/mol. The van der Waals surface area contributed by atoms with E-state index < -0.39 is 0 Å². The minimum atomic E-state index is 0.857. The molecule has 2 aromatic carbocycles. The Balaban J connectivity index is 1.27. The molecule has 0 saturated carbocycles. The molecule has 3 heteroatoms. The van der Waals surface area contributed by atoms with Crippen LogP contribution in [0.3, 0.4) is 0 Å². The van der Waals surface area contributed by atoms with Crippen LogP contribution >= 0.6 is 11.6 Å². The van der Waals surface area contributed by atoms with Gasteiger partial charge in [0.05, 0.1) is 0 Å². The summed E-state index contributed by atoms with van der Waals surface area (Å²) in [6.45, 7) is 5.62. The molecule has 0 unspecified atom stereocenters. The predicted octanol–water partition coefficient (Wildman–Crippen LogP) is 4.77. The van der Waals surface area contributed by atoms with Gasteiger partial charge in [-0.2, -0.15) is 0 Å². The first-order valence-corrected chi connectivity index (χ1v) is 9.89. The van der Waals surface area contributed by atoms with E-state index in [-0.39, 0.29) is 0 Å². The van der Waals surface area contributed by atoms with E-state index in [4.69, 9.17) is 11.6 Å². The van der Waals surface area contributed by atoms with Gasteiger partial charge in [-0.25, -0.2) is 0 Å². The van der Waals surface area contributed by atoms with Crippen molar-refractivity contribution < 1.29 is 0 Å². The SMILES string of the molecule is Clc1ccccc1CNCCCN1CCC(Cc2ccccc2)CC1. The van der Waals surface area contributed by atoms with Crippen LogP contribution in [0.5, 0.6) is 0 Å². The Morgan fingerprint density at radius 3 is 2.44 bits per heavy atom. The minimum absolute atomic E-state index is 0.857. The quantitative estimate of drug-likeness (QED) is 0.685. The Labute approximate surface area is 157 Å². The second-order valence-corrected chi connectivity index (χ2v) is 7.50. The van der Waals surface area contributed by atoms with Crippen molar-refractivity contribution in [3.8, 4) is 0 Å². The molecular weight excluding hydrogens is 328 g/mol. The van der Waals surface area contributed by atoms with E-state index in [1.165, 1.54) is 56.4 Å². The van der Waals surface area contributed by atoms with Gasteiger partial charge in [-0.1, -0.05) is 60.1 Å². The van der Waals surface area contributed by atoms with Gasteiger partial charge < -0.3 is 10.2 Å². The molecule has 0 aliphatic carbocycles. The molecule has 0 amide bonds. The zero-order chi connectivity index (χ0) is 17.3. The van der Waals surface area contributed by atoms with Crippen molar-refractivity contribution in [2.45, 2.75) is 32.2 Å². The lowest BCUT2D eigenvalue weighted by Gasteiger charge is -2.32. The largest absolute Gasteiger partial charge is 0.313 e. The standard InChI is InChI=1S/C22H29ClN2/c23-22-10-5-4-9-21(22)18-24-13-6-14-25-15-11-20(12-16-25)17-19-7-2-1-3-8-19/h1-5,7-10,20,24H,6,11-18H2. The number of rotatable bonds is 8. The van der Waals surface area contributed by atoms with Crippen LogP contribution < -0.4 is 5.32 Å². The summed E-state index contributed by atoms with van der Waals surface area (Å²) < 4.78 is 0. The molecule has 134 valence electrons. The zero-order valence-corrected chi connectivity index (χ0v) is 15.7. The molecule has 0 bridgehead atoms. The summed E-state index contributed by atoms with van der Waals surface area (Å²) in [4.78, 5) is 2.62. The lowest BCUT2D eigenvalue weighted by molar-refractivity contribution is 0.182. The lowest BCUT2D eigenvalue weighted by Crippen LogP contribution is -2.36. The smallest absolute Gasteiger partial charge is 0.0450 e. The summed E-state index contributed by atoms with van der Waals surface area (Å²) >= 11 is 6.18. The van der Waals surface area contributed by atoms with E-state index in [0.717, 1.165) is 24.0 Å². The van der Waals surface area contributed by atoms with Crippen LogP contribution in [0.2, 0.25) is 5.02 Å². The number of halogens is 1. The van der Waals surface area contributed by atoms with E-state index in [2.05, 4.69) is 46.6 Å². The van der Waals surface area contributed by atoms with E-state index in [1.807, 2.05) is 18.2 Å². The van der Waals surface area contributed by atoms with E-state index in [0.29, 0.717) is 0 Å². The Hall–Kier alpha value is -1.35. The Morgan fingerprint density at radius 1 is 0.960 bits per heavy atom. The maximum absolute atomic E-state index is 6.18. The molecule has 0 spiro atoms. The molecule has 0 aromatic heterocycles. The highest BCUT2D eigenvalue weighted by Gasteiger charge is 2.18. The van der Waals surface area contributed by atoms with Crippen LogP contribution in [-0.2, 0) is 13.0 Å². The van der Waals surface area contributed by atoms with Crippen LogP contribution in [0.1, 0.15) is 30.4 Å². The predicted molar refractivity (Wildman–Crippen MR) is 107 cm³/mol. The van der Waals surface area contributed by atoms with Crippen molar-refractivity contribution in [2.24, 2.45) is 5.92 Å². The van der Waals surface area contributed by atoms with E-state index in [9.17, 15) is 0 Å². The van der Waals surface area contributed by atoms with Crippen molar-refractivity contribution in [1.29, 1.82) is 0 Å². The zero-order valence-electron chi connectivity index (χ0n) is 15.0. The Kier molecular flexibility index (Phi) is 7.35. The van der Waals surface area contributed by atoms with Crippen LogP contribution in [0.4, 0.5) is 0 Å². The number of piperidine rings is 1. The second kappa shape index (κ2) is 9.96.